The van der Waals surface area contributed by atoms with Crippen molar-refractivity contribution in [2.45, 2.75) is 44.1 Å². The average Bonchev–Trinajstić information content (AvgIpc) is 2.53. The fraction of sp³-hybridized carbons (Fsp3) is 0.571. The normalized spacial score (nSPS) is 26.4. The van der Waals surface area contributed by atoms with E-state index < -0.39 is 0 Å². The van der Waals surface area contributed by atoms with Crippen LogP contribution in [0.4, 0.5) is 0 Å². The third-order valence-corrected chi connectivity index (χ3v) is 4.46. The van der Waals surface area contributed by atoms with Crippen LogP contribution in [-0.2, 0) is 5.41 Å². The molecule has 0 bridgehead atoms. The van der Waals surface area contributed by atoms with Crippen molar-refractivity contribution in [1.82, 2.24) is 5.32 Å². The summed E-state index contributed by atoms with van der Waals surface area (Å²) in [6.07, 6.45) is 5.56. The monoisotopic (exact) mass is 201 g/mol. The van der Waals surface area contributed by atoms with Gasteiger partial charge < -0.3 is 5.32 Å². The van der Waals surface area contributed by atoms with E-state index in [2.05, 4.69) is 37.5 Å². The number of aryl methyl sites for hydroxylation is 1. The Morgan fingerprint density at radius 3 is 2.73 bits per heavy atom. The number of hydrogen-bond acceptors (Lipinski definition) is 1. The molecule has 1 heteroatoms. The molecule has 15 heavy (non-hydrogen) atoms. The Bertz CT molecular complexity index is 390. The molecule has 2 aliphatic rings. The lowest BCUT2D eigenvalue weighted by Gasteiger charge is -2.40. The molecule has 0 amide bonds. The van der Waals surface area contributed by atoms with Gasteiger partial charge in [-0.25, -0.2) is 0 Å². The first-order valence-corrected chi connectivity index (χ1v) is 6.04. The first kappa shape index (κ1) is 9.41. The maximum absolute atomic E-state index is 3.47. The lowest BCUT2D eigenvalue weighted by Crippen LogP contribution is -2.33. The van der Waals surface area contributed by atoms with Crippen molar-refractivity contribution in [3.05, 3.63) is 34.9 Å². The number of nitrogens with one attached hydrogen (secondary N) is 1. The van der Waals surface area contributed by atoms with Crippen molar-refractivity contribution in [3.63, 3.8) is 0 Å². The van der Waals surface area contributed by atoms with Gasteiger partial charge in [0.25, 0.3) is 0 Å². The van der Waals surface area contributed by atoms with Crippen LogP contribution in [0.15, 0.2) is 18.2 Å². The van der Waals surface area contributed by atoms with Gasteiger partial charge in [0.05, 0.1) is 0 Å². The Morgan fingerprint density at radius 1 is 1.33 bits per heavy atom. The van der Waals surface area contributed by atoms with Crippen molar-refractivity contribution < 1.29 is 0 Å². The Hall–Kier alpha value is -0.820. The summed E-state index contributed by atoms with van der Waals surface area (Å²) in [7, 11) is 2.09. The van der Waals surface area contributed by atoms with Crippen LogP contribution >= 0.6 is 0 Å². The molecule has 1 nitrogen and oxygen atoms in total. The third kappa shape index (κ3) is 1.13. The molecule has 1 aromatic carbocycles. The zero-order valence-electron chi connectivity index (χ0n) is 9.64. The van der Waals surface area contributed by atoms with Crippen LogP contribution in [0.5, 0.6) is 0 Å². The van der Waals surface area contributed by atoms with E-state index in [1.807, 2.05) is 0 Å². The number of rotatable bonds is 1. The van der Waals surface area contributed by atoms with Gasteiger partial charge in [0, 0.05) is 6.04 Å². The summed E-state index contributed by atoms with van der Waals surface area (Å²) in [5, 5.41) is 3.47. The first-order chi connectivity index (χ1) is 7.27. The van der Waals surface area contributed by atoms with Crippen molar-refractivity contribution in [2.24, 2.45) is 0 Å². The SMILES string of the molecule is CNC1CC2(CCC2)c2c(C)cccc21. The predicted octanol–water partition coefficient (Wildman–Crippen LogP) is 3.08. The Labute approximate surface area is 91.9 Å². The van der Waals surface area contributed by atoms with Crippen LogP contribution in [0.1, 0.15) is 48.4 Å². The van der Waals surface area contributed by atoms with Crippen LogP contribution in [-0.4, -0.2) is 7.05 Å². The van der Waals surface area contributed by atoms with E-state index in [1.165, 1.54) is 31.2 Å². The summed E-state index contributed by atoms with van der Waals surface area (Å²) in [6.45, 7) is 2.27. The molecule has 0 heterocycles. The van der Waals surface area contributed by atoms with E-state index in [1.54, 1.807) is 11.1 Å². The molecule has 80 valence electrons. The highest BCUT2D eigenvalue weighted by molar-refractivity contribution is 5.48. The average molecular weight is 201 g/mol. The van der Waals surface area contributed by atoms with Gasteiger partial charge in [-0.05, 0) is 55.3 Å². The second-order valence-corrected chi connectivity index (χ2v) is 5.22. The quantitative estimate of drug-likeness (QED) is 0.736. The van der Waals surface area contributed by atoms with E-state index >= 15 is 0 Å². The molecule has 1 spiro atoms. The highest BCUT2D eigenvalue weighted by Gasteiger charge is 2.47. The Kier molecular flexibility index (Phi) is 1.93. The van der Waals surface area contributed by atoms with Gasteiger partial charge in [0.2, 0.25) is 0 Å². The zero-order valence-corrected chi connectivity index (χ0v) is 9.64. The van der Waals surface area contributed by atoms with Crippen LogP contribution in [0.3, 0.4) is 0 Å². The molecule has 1 aromatic rings. The van der Waals surface area contributed by atoms with Crippen LogP contribution < -0.4 is 5.32 Å². The summed E-state index contributed by atoms with van der Waals surface area (Å²) in [4.78, 5) is 0. The van der Waals surface area contributed by atoms with E-state index in [0.29, 0.717) is 11.5 Å². The van der Waals surface area contributed by atoms with Gasteiger partial charge in [-0.2, -0.15) is 0 Å². The molecular formula is C14H19N. The molecule has 1 fully saturated rings. The van der Waals surface area contributed by atoms with E-state index in [0.717, 1.165) is 0 Å². The van der Waals surface area contributed by atoms with Crippen molar-refractivity contribution in [3.8, 4) is 0 Å². The molecule has 0 radical (unpaired) electrons. The van der Waals surface area contributed by atoms with Gasteiger partial charge in [0.1, 0.15) is 0 Å². The van der Waals surface area contributed by atoms with Crippen LogP contribution in [0, 0.1) is 6.92 Å². The number of fused-ring (bicyclic) bond motifs is 2. The maximum Gasteiger partial charge on any atom is 0.0329 e. The van der Waals surface area contributed by atoms with Gasteiger partial charge in [-0.1, -0.05) is 24.6 Å². The summed E-state index contributed by atoms with van der Waals surface area (Å²) < 4.78 is 0. The van der Waals surface area contributed by atoms with Gasteiger partial charge in [-0.3, -0.25) is 0 Å². The highest BCUT2D eigenvalue weighted by atomic mass is 14.9. The number of hydrogen-bond donors (Lipinski definition) is 1. The Balaban J connectivity index is 2.15. The smallest absolute Gasteiger partial charge is 0.0329 e. The Morgan fingerprint density at radius 2 is 2.13 bits per heavy atom. The molecule has 2 aliphatic carbocycles. The van der Waals surface area contributed by atoms with Crippen molar-refractivity contribution >= 4 is 0 Å². The topological polar surface area (TPSA) is 12.0 Å². The van der Waals surface area contributed by atoms with Crippen molar-refractivity contribution in [1.29, 1.82) is 0 Å². The first-order valence-electron chi connectivity index (χ1n) is 6.04. The minimum absolute atomic E-state index is 0.550. The van der Waals surface area contributed by atoms with Gasteiger partial charge in [0.15, 0.2) is 0 Å². The third-order valence-electron chi connectivity index (χ3n) is 4.46. The summed E-state index contributed by atoms with van der Waals surface area (Å²) >= 11 is 0. The fourth-order valence-corrected chi connectivity index (χ4v) is 3.62. The largest absolute Gasteiger partial charge is 0.313 e. The van der Waals surface area contributed by atoms with Crippen molar-refractivity contribution in [2.75, 3.05) is 7.05 Å². The molecule has 1 unspecified atom stereocenters. The fourth-order valence-electron chi connectivity index (χ4n) is 3.62. The van der Waals surface area contributed by atoms with Crippen LogP contribution in [0.25, 0.3) is 0 Å². The van der Waals surface area contributed by atoms with E-state index in [9.17, 15) is 0 Å². The van der Waals surface area contributed by atoms with Gasteiger partial charge in [-0.15, -0.1) is 0 Å². The maximum atomic E-state index is 3.47. The molecule has 1 atom stereocenters. The minimum atomic E-state index is 0.550. The molecule has 3 rings (SSSR count). The lowest BCUT2D eigenvalue weighted by atomic mass is 9.64. The van der Waals surface area contributed by atoms with E-state index in [-0.39, 0.29) is 0 Å². The summed E-state index contributed by atoms with van der Waals surface area (Å²) in [5.74, 6) is 0. The molecule has 0 aromatic heterocycles. The highest BCUT2D eigenvalue weighted by Crippen LogP contribution is 2.56. The standard InChI is InChI=1S/C14H19N/c1-10-5-3-6-11-12(15-2)9-14(13(10)11)7-4-8-14/h3,5-6,12,15H,4,7-9H2,1-2H3. The van der Waals surface area contributed by atoms with Crippen LogP contribution in [0.2, 0.25) is 0 Å². The van der Waals surface area contributed by atoms with Gasteiger partial charge >= 0.3 is 0 Å². The molecule has 1 saturated carbocycles. The molecule has 0 saturated heterocycles. The molecule has 0 aliphatic heterocycles. The second-order valence-electron chi connectivity index (χ2n) is 5.22. The zero-order chi connectivity index (χ0) is 10.5. The summed E-state index contributed by atoms with van der Waals surface area (Å²) in [5.41, 5.74) is 5.30. The predicted molar refractivity (Wildman–Crippen MR) is 63.1 cm³/mol. The second kappa shape index (κ2) is 3.08. The lowest BCUT2D eigenvalue weighted by molar-refractivity contribution is 0.226. The molecular weight excluding hydrogens is 182 g/mol. The van der Waals surface area contributed by atoms with E-state index in [4.69, 9.17) is 0 Å². The minimum Gasteiger partial charge on any atom is -0.313 e. The summed E-state index contributed by atoms with van der Waals surface area (Å²) in [6, 6.07) is 7.39. The number of benzene rings is 1. The molecule has 1 N–H and O–H groups in total.